The highest BCUT2D eigenvalue weighted by Gasteiger charge is 2.29. The van der Waals surface area contributed by atoms with E-state index in [2.05, 4.69) is 5.32 Å². The highest BCUT2D eigenvalue weighted by atomic mass is 32.2. The summed E-state index contributed by atoms with van der Waals surface area (Å²) in [5.41, 5.74) is 1.42. The monoisotopic (exact) mass is 419 g/mol. The van der Waals surface area contributed by atoms with Crippen molar-refractivity contribution in [1.29, 1.82) is 0 Å². The fourth-order valence-corrected chi connectivity index (χ4v) is 4.46. The first-order chi connectivity index (χ1) is 13.7. The number of hydrogen-bond acceptors (Lipinski definition) is 4. The molecular formula is C20H22FN3O4S. The maximum absolute atomic E-state index is 13.2. The van der Waals surface area contributed by atoms with Gasteiger partial charge < -0.3 is 10.2 Å². The molecule has 29 heavy (non-hydrogen) atoms. The van der Waals surface area contributed by atoms with Crippen molar-refractivity contribution in [3.63, 3.8) is 0 Å². The number of nitrogens with one attached hydrogen (secondary N) is 1. The van der Waals surface area contributed by atoms with E-state index in [0.717, 1.165) is 34.8 Å². The quantitative estimate of drug-likeness (QED) is 0.780. The molecule has 1 aliphatic rings. The van der Waals surface area contributed by atoms with Crippen molar-refractivity contribution in [2.45, 2.75) is 25.8 Å². The number of sulfonamides is 1. The first-order valence-electron chi connectivity index (χ1n) is 9.13. The van der Waals surface area contributed by atoms with Gasteiger partial charge in [-0.05, 0) is 61.9 Å². The molecule has 2 amide bonds. The van der Waals surface area contributed by atoms with Crippen LogP contribution >= 0.6 is 0 Å². The van der Waals surface area contributed by atoms with E-state index in [-0.39, 0.29) is 11.6 Å². The van der Waals surface area contributed by atoms with E-state index < -0.39 is 27.8 Å². The Hall–Kier alpha value is -2.94. The average Bonchev–Trinajstić information content (AvgIpc) is 3.09. The van der Waals surface area contributed by atoms with Gasteiger partial charge in [-0.1, -0.05) is 0 Å². The molecule has 0 saturated carbocycles. The van der Waals surface area contributed by atoms with Crippen LogP contribution in [0.2, 0.25) is 0 Å². The largest absolute Gasteiger partial charge is 0.324 e. The van der Waals surface area contributed by atoms with Crippen LogP contribution in [0.4, 0.5) is 21.5 Å². The van der Waals surface area contributed by atoms with Crippen LogP contribution in [0.15, 0.2) is 48.5 Å². The molecule has 154 valence electrons. The molecule has 2 aromatic carbocycles. The van der Waals surface area contributed by atoms with Crippen LogP contribution in [0, 0.1) is 5.82 Å². The van der Waals surface area contributed by atoms with Gasteiger partial charge in [-0.2, -0.15) is 0 Å². The highest BCUT2D eigenvalue weighted by Crippen LogP contribution is 2.24. The van der Waals surface area contributed by atoms with Gasteiger partial charge in [0.2, 0.25) is 21.8 Å². The van der Waals surface area contributed by atoms with Crippen molar-refractivity contribution >= 4 is 38.9 Å². The Morgan fingerprint density at radius 1 is 1.14 bits per heavy atom. The number of carbonyl (C=O) groups excluding carboxylic acids is 2. The molecule has 1 fully saturated rings. The Kier molecular flexibility index (Phi) is 5.88. The molecule has 1 atom stereocenters. The Morgan fingerprint density at radius 3 is 2.28 bits per heavy atom. The predicted molar refractivity (Wildman–Crippen MR) is 110 cm³/mol. The molecule has 2 aromatic rings. The molecule has 3 rings (SSSR count). The summed E-state index contributed by atoms with van der Waals surface area (Å²) in [7, 11) is -3.79. The van der Waals surface area contributed by atoms with Crippen molar-refractivity contribution in [2.75, 3.05) is 27.3 Å². The van der Waals surface area contributed by atoms with E-state index in [0.29, 0.717) is 18.7 Å². The maximum atomic E-state index is 13.2. The van der Waals surface area contributed by atoms with Crippen LogP contribution in [-0.4, -0.2) is 39.1 Å². The summed E-state index contributed by atoms with van der Waals surface area (Å²) in [6.07, 6.45) is 2.34. The van der Waals surface area contributed by atoms with E-state index in [1.54, 1.807) is 29.2 Å². The number of hydrogen-bond donors (Lipinski definition) is 1. The summed E-state index contributed by atoms with van der Waals surface area (Å²) in [5, 5.41) is 2.68. The Morgan fingerprint density at radius 2 is 1.76 bits per heavy atom. The molecule has 1 N–H and O–H groups in total. The first kappa shape index (κ1) is 20.8. The van der Waals surface area contributed by atoms with Crippen molar-refractivity contribution in [1.82, 2.24) is 0 Å². The summed E-state index contributed by atoms with van der Waals surface area (Å²) < 4.78 is 38.6. The molecule has 9 heteroatoms. The fourth-order valence-electron chi connectivity index (χ4n) is 3.29. The molecule has 0 bridgehead atoms. The molecule has 0 radical (unpaired) electrons. The minimum Gasteiger partial charge on any atom is -0.324 e. The number of amides is 2. The van der Waals surface area contributed by atoms with Gasteiger partial charge in [0.05, 0.1) is 11.9 Å². The molecule has 0 spiro atoms. The van der Waals surface area contributed by atoms with Crippen LogP contribution in [0.25, 0.3) is 0 Å². The lowest BCUT2D eigenvalue weighted by atomic mass is 10.2. The van der Waals surface area contributed by atoms with Gasteiger partial charge in [0.25, 0.3) is 0 Å². The minimum atomic E-state index is -3.79. The molecule has 7 nitrogen and oxygen atoms in total. The predicted octanol–water partition coefficient (Wildman–Crippen LogP) is 2.75. The number of halogens is 1. The van der Waals surface area contributed by atoms with Gasteiger partial charge in [0, 0.05) is 24.3 Å². The number of rotatable bonds is 6. The lowest BCUT2D eigenvalue weighted by molar-refractivity contribution is -0.117. The third kappa shape index (κ3) is 4.73. The van der Waals surface area contributed by atoms with Crippen LogP contribution < -0.4 is 14.5 Å². The summed E-state index contributed by atoms with van der Waals surface area (Å²) in [5.74, 6) is -0.973. The fraction of sp³-hybridized carbons (Fsp3) is 0.300. The van der Waals surface area contributed by atoms with E-state index in [1.807, 2.05) is 0 Å². The minimum absolute atomic E-state index is 0.0681. The molecule has 1 aliphatic heterocycles. The lowest BCUT2D eigenvalue weighted by Crippen LogP contribution is -2.45. The molecule has 1 saturated heterocycles. The second kappa shape index (κ2) is 8.20. The molecule has 1 unspecified atom stereocenters. The van der Waals surface area contributed by atoms with Gasteiger partial charge in [-0.3, -0.25) is 13.9 Å². The second-order valence-corrected chi connectivity index (χ2v) is 8.76. The zero-order valence-electron chi connectivity index (χ0n) is 16.1. The van der Waals surface area contributed by atoms with Gasteiger partial charge >= 0.3 is 0 Å². The highest BCUT2D eigenvalue weighted by molar-refractivity contribution is 7.92. The van der Waals surface area contributed by atoms with Gasteiger partial charge in [-0.25, -0.2) is 12.8 Å². The Balaban J connectivity index is 1.76. The maximum Gasteiger partial charge on any atom is 0.247 e. The SMILES string of the molecule is CC(C(=O)Nc1ccc(N2CCCC2=O)cc1)N(c1ccc(F)cc1)S(C)(=O)=O. The van der Waals surface area contributed by atoms with Crippen molar-refractivity contribution in [2.24, 2.45) is 0 Å². The zero-order chi connectivity index (χ0) is 21.2. The van der Waals surface area contributed by atoms with Crippen molar-refractivity contribution in [3.8, 4) is 0 Å². The topological polar surface area (TPSA) is 86.8 Å². The lowest BCUT2D eigenvalue weighted by Gasteiger charge is -2.28. The number of carbonyl (C=O) groups is 2. The zero-order valence-corrected chi connectivity index (χ0v) is 16.9. The van der Waals surface area contributed by atoms with Gasteiger partial charge in [-0.15, -0.1) is 0 Å². The smallest absolute Gasteiger partial charge is 0.247 e. The second-order valence-electron chi connectivity index (χ2n) is 6.90. The van der Waals surface area contributed by atoms with E-state index in [9.17, 15) is 22.4 Å². The molecule has 0 aliphatic carbocycles. The number of anilines is 3. The van der Waals surface area contributed by atoms with E-state index >= 15 is 0 Å². The third-order valence-electron chi connectivity index (χ3n) is 4.69. The van der Waals surface area contributed by atoms with Crippen LogP contribution in [0.3, 0.4) is 0 Å². The van der Waals surface area contributed by atoms with Gasteiger partial charge in [0.15, 0.2) is 0 Å². The number of benzene rings is 2. The Labute approximate surface area is 169 Å². The summed E-state index contributed by atoms with van der Waals surface area (Å²) in [4.78, 5) is 26.2. The number of nitrogens with zero attached hydrogens (tertiary/aromatic N) is 2. The normalized spacial score (nSPS) is 15.3. The Bertz CT molecular complexity index is 1010. The molecular weight excluding hydrogens is 397 g/mol. The van der Waals surface area contributed by atoms with E-state index in [4.69, 9.17) is 0 Å². The van der Waals surface area contributed by atoms with Gasteiger partial charge in [0.1, 0.15) is 11.9 Å². The average molecular weight is 419 g/mol. The van der Waals surface area contributed by atoms with Crippen LogP contribution in [0.5, 0.6) is 0 Å². The summed E-state index contributed by atoms with van der Waals surface area (Å²) in [6.45, 7) is 2.12. The van der Waals surface area contributed by atoms with E-state index in [1.165, 1.54) is 19.1 Å². The molecule has 0 aromatic heterocycles. The first-order valence-corrected chi connectivity index (χ1v) is 11.0. The standard InChI is InChI=1S/C20H22FN3O4S/c1-14(24(29(2,27)28)18-9-5-15(21)6-10-18)20(26)22-16-7-11-17(12-8-16)23-13-3-4-19(23)25/h5-12,14H,3-4,13H2,1-2H3,(H,22,26). The van der Waals surface area contributed by atoms with Crippen molar-refractivity contribution in [3.05, 3.63) is 54.3 Å². The summed E-state index contributed by atoms with van der Waals surface area (Å²) >= 11 is 0. The third-order valence-corrected chi connectivity index (χ3v) is 5.93. The molecule has 1 heterocycles. The van der Waals surface area contributed by atoms with Crippen LogP contribution in [-0.2, 0) is 19.6 Å². The van der Waals surface area contributed by atoms with Crippen molar-refractivity contribution < 1.29 is 22.4 Å². The van der Waals surface area contributed by atoms with Crippen LogP contribution in [0.1, 0.15) is 19.8 Å². The summed E-state index contributed by atoms with van der Waals surface area (Å²) in [6, 6.07) is 10.6.